The van der Waals surface area contributed by atoms with Crippen LogP contribution in [0.4, 0.5) is 0 Å². The average Bonchev–Trinajstić information content (AvgIpc) is 2.92. The van der Waals surface area contributed by atoms with Crippen LogP contribution >= 0.6 is 0 Å². The molecule has 0 saturated heterocycles. The molecule has 2 aromatic rings. The van der Waals surface area contributed by atoms with Gasteiger partial charge in [-0.2, -0.15) is 0 Å². The van der Waals surface area contributed by atoms with E-state index in [1.807, 2.05) is 36.4 Å². The van der Waals surface area contributed by atoms with Crippen LogP contribution in [0.5, 0.6) is 0 Å². The van der Waals surface area contributed by atoms with E-state index in [4.69, 9.17) is 0 Å². The third-order valence-electron chi connectivity index (χ3n) is 5.29. The molecule has 0 fully saturated rings. The fourth-order valence-corrected chi connectivity index (χ4v) is 4.00. The Labute approximate surface area is 145 Å². The Kier molecular flexibility index (Phi) is 4.45. The topological polar surface area (TPSA) is 17.1 Å². The highest BCUT2D eigenvalue weighted by molar-refractivity contribution is 6.09. The molecule has 1 unspecified atom stereocenters. The maximum atomic E-state index is 12.7. The summed E-state index contributed by atoms with van der Waals surface area (Å²) in [6, 6.07) is 15.7. The number of carbonyl (C=O) groups excluding carboxylic acids is 1. The number of hydrogen-bond donors (Lipinski definition) is 0. The van der Waals surface area contributed by atoms with Crippen LogP contribution in [0.2, 0.25) is 0 Å². The smallest absolute Gasteiger partial charge is 0.193 e. The van der Waals surface area contributed by atoms with Gasteiger partial charge in [0.15, 0.2) is 5.78 Å². The molecule has 0 aromatic heterocycles. The molecular weight excluding hydrogens is 292 g/mol. The van der Waals surface area contributed by atoms with Crippen LogP contribution in [0.15, 0.2) is 54.1 Å². The molecule has 0 heterocycles. The molecule has 0 radical (unpaired) electrons. The summed E-state index contributed by atoms with van der Waals surface area (Å²) in [7, 11) is 0. The Balaban J connectivity index is 1.96. The van der Waals surface area contributed by atoms with Crippen molar-refractivity contribution >= 4 is 11.9 Å². The van der Waals surface area contributed by atoms with E-state index in [9.17, 15) is 4.79 Å². The lowest BCUT2D eigenvalue weighted by molar-refractivity contribution is 0.103. The minimum absolute atomic E-state index is 0.0979. The molecule has 1 aliphatic carbocycles. The molecule has 3 rings (SSSR count). The monoisotopic (exact) mass is 318 g/mol. The number of benzene rings is 2. The van der Waals surface area contributed by atoms with Crippen molar-refractivity contribution in [3.05, 3.63) is 76.4 Å². The quantitative estimate of drug-likeness (QED) is 0.596. The van der Waals surface area contributed by atoms with Gasteiger partial charge in [-0.05, 0) is 29.0 Å². The van der Waals surface area contributed by atoms with E-state index in [0.717, 1.165) is 11.1 Å². The molecule has 0 bridgehead atoms. The van der Waals surface area contributed by atoms with Crippen LogP contribution in [0.25, 0.3) is 6.08 Å². The molecule has 0 aliphatic heterocycles. The van der Waals surface area contributed by atoms with Crippen molar-refractivity contribution in [1.82, 2.24) is 0 Å². The van der Waals surface area contributed by atoms with Crippen molar-refractivity contribution in [1.29, 1.82) is 0 Å². The molecule has 0 spiro atoms. The van der Waals surface area contributed by atoms with Gasteiger partial charge in [0.1, 0.15) is 0 Å². The molecule has 1 atom stereocenters. The predicted molar refractivity (Wildman–Crippen MR) is 101 cm³/mol. The van der Waals surface area contributed by atoms with E-state index in [1.54, 1.807) is 0 Å². The Morgan fingerprint density at radius 2 is 1.75 bits per heavy atom. The summed E-state index contributed by atoms with van der Waals surface area (Å²) in [4.78, 5) is 12.7. The third kappa shape index (κ3) is 2.96. The van der Waals surface area contributed by atoms with Gasteiger partial charge < -0.3 is 0 Å². The largest absolute Gasteiger partial charge is 0.289 e. The number of fused-ring (bicyclic) bond motifs is 1. The SMILES string of the molecule is CCCC(C)(C)C1=Cc2cc(C(=O)c3ccccc3)ccc2C1C. The van der Waals surface area contributed by atoms with E-state index in [-0.39, 0.29) is 11.2 Å². The first-order valence-corrected chi connectivity index (χ1v) is 8.90. The van der Waals surface area contributed by atoms with Crippen molar-refractivity contribution in [3.63, 3.8) is 0 Å². The summed E-state index contributed by atoms with van der Waals surface area (Å²) in [5, 5.41) is 0. The average molecular weight is 318 g/mol. The third-order valence-corrected chi connectivity index (χ3v) is 5.29. The first-order valence-electron chi connectivity index (χ1n) is 8.90. The molecule has 2 aromatic carbocycles. The van der Waals surface area contributed by atoms with Gasteiger partial charge in [0.25, 0.3) is 0 Å². The number of hydrogen-bond acceptors (Lipinski definition) is 1. The van der Waals surface area contributed by atoms with Gasteiger partial charge in [-0.1, -0.05) is 88.2 Å². The molecule has 0 N–H and O–H groups in total. The van der Waals surface area contributed by atoms with Gasteiger partial charge in [-0.3, -0.25) is 4.79 Å². The summed E-state index contributed by atoms with van der Waals surface area (Å²) in [5.41, 5.74) is 5.78. The summed E-state index contributed by atoms with van der Waals surface area (Å²) in [6.07, 6.45) is 4.69. The molecule has 0 saturated carbocycles. The fourth-order valence-electron chi connectivity index (χ4n) is 4.00. The second-order valence-corrected chi connectivity index (χ2v) is 7.49. The van der Waals surface area contributed by atoms with Gasteiger partial charge >= 0.3 is 0 Å². The highest BCUT2D eigenvalue weighted by atomic mass is 16.1. The van der Waals surface area contributed by atoms with Crippen LogP contribution in [0.3, 0.4) is 0 Å². The highest BCUT2D eigenvalue weighted by Crippen LogP contribution is 2.47. The number of allylic oxidation sites excluding steroid dienone is 1. The number of rotatable bonds is 5. The summed E-state index contributed by atoms with van der Waals surface area (Å²) >= 11 is 0. The first kappa shape index (κ1) is 16.7. The lowest BCUT2D eigenvalue weighted by Gasteiger charge is -2.29. The maximum Gasteiger partial charge on any atom is 0.193 e. The van der Waals surface area contributed by atoms with Gasteiger partial charge in [0.2, 0.25) is 0 Å². The van der Waals surface area contributed by atoms with E-state index in [0.29, 0.717) is 5.92 Å². The molecule has 0 amide bonds. The Morgan fingerprint density at radius 1 is 1.04 bits per heavy atom. The molecule has 24 heavy (non-hydrogen) atoms. The second-order valence-electron chi connectivity index (χ2n) is 7.49. The van der Waals surface area contributed by atoms with Gasteiger partial charge in [-0.25, -0.2) is 0 Å². The Hall–Kier alpha value is -2.15. The normalized spacial score (nSPS) is 16.7. The van der Waals surface area contributed by atoms with E-state index < -0.39 is 0 Å². The van der Waals surface area contributed by atoms with E-state index in [2.05, 4.69) is 45.9 Å². The van der Waals surface area contributed by atoms with Gasteiger partial charge in [0.05, 0.1) is 0 Å². The van der Waals surface area contributed by atoms with Crippen molar-refractivity contribution in [2.75, 3.05) is 0 Å². The van der Waals surface area contributed by atoms with Crippen LogP contribution in [0.1, 0.15) is 73.5 Å². The van der Waals surface area contributed by atoms with E-state index in [1.165, 1.54) is 29.5 Å². The molecule has 1 aliphatic rings. The summed E-state index contributed by atoms with van der Waals surface area (Å²) < 4.78 is 0. The minimum Gasteiger partial charge on any atom is -0.289 e. The summed E-state index contributed by atoms with van der Waals surface area (Å²) in [6.45, 7) is 9.20. The fraction of sp³-hybridized carbons (Fsp3) is 0.348. The molecular formula is C23H26O. The van der Waals surface area contributed by atoms with Crippen LogP contribution in [-0.2, 0) is 0 Å². The van der Waals surface area contributed by atoms with Crippen molar-refractivity contribution < 1.29 is 4.79 Å². The van der Waals surface area contributed by atoms with Crippen LogP contribution in [-0.4, -0.2) is 5.78 Å². The number of carbonyl (C=O) groups is 1. The molecule has 124 valence electrons. The first-order chi connectivity index (χ1) is 11.4. The lowest BCUT2D eigenvalue weighted by atomic mass is 9.75. The van der Waals surface area contributed by atoms with Crippen molar-refractivity contribution in [2.24, 2.45) is 5.41 Å². The zero-order chi connectivity index (χ0) is 17.3. The van der Waals surface area contributed by atoms with Crippen LogP contribution in [0, 0.1) is 5.41 Å². The minimum atomic E-state index is 0.0979. The summed E-state index contributed by atoms with van der Waals surface area (Å²) in [5.74, 6) is 0.531. The molecule has 1 nitrogen and oxygen atoms in total. The predicted octanol–water partition coefficient (Wildman–Crippen LogP) is 6.24. The van der Waals surface area contributed by atoms with Gasteiger partial charge in [-0.15, -0.1) is 0 Å². The van der Waals surface area contributed by atoms with Crippen LogP contribution < -0.4 is 0 Å². The zero-order valence-corrected chi connectivity index (χ0v) is 15.1. The second kappa shape index (κ2) is 6.39. The maximum absolute atomic E-state index is 12.7. The van der Waals surface area contributed by atoms with Crippen molar-refractivity contribution in [3.8, 4) is 0 Å². The molecule has 1 heteroatoms. The lowest BCUT2D eigenvalue weighted by Crippen LogP contribution is -2.16. The highest BCUT2D eigenvalue weighted by Gasteiger charge is 2.32. The van der Waals surface area contributed by atoms with Crippen molar-refractivity contribution in [2.45, 2.75) is 46.5 Å². The standard InChI is InChI=1S/C23H26O/c1-5-13-23(3,4)21-15-19-14-18(11-12-20(19)16(21)2)22(24)17-9-7-6-8-10-17/h6-12,14-16H,5,13H2,1-4H3. The van der Waals surface area contributed by atoms with Gasteiger partial charge in [0, 0.05) is 17.0 Å². The Bertz CT molecular complexity index is 781. The number of ketones is 1. The zero-order valence-electron chi connectivity index (χ0n) is 15.1. The van der Waals surface area contributed by atoms with E-state index >= 15 is 0 Å². The Morgan fingerprint density at radius 3 is 2.42 bits per heavy atom.